The van der Waals surface area contributed by atoms with Gasteiger partial charge in [0.1, 0.15) is 30.1 Å². The van der Waals surface area contributed by atoms with Crippen LogP contribution in [-0.4, -0.2) is 69.1 Å². The second kappa shape index (κ2) is 14.1. The van der Waals surface area contributed by atoms with Gasteiger partial charge < -0.3 is 24.2 Å². The lowest BCUT2D eigenvalue weighted by molar-refractivity contribution is -0.159. The predicted molar refractivity (Wildman–Crippen MR) is 173 cm³/mol. The summed E-state index contributed by atoms with van der Waals surface area (Å²) in [5, 5.41) is 29.8. The topological polar surface area (TPSA) is 210 Å². The summed E-state index contributed by atoms with van der Waals surface area (Å²) >= 11 is 0. The summed E-state index contributed by atoms with van der Waals surface area (Å²) in [5.74, 6) is -1.75. The lowest BCUT2D eigenvalue weighted by atomic mass is 10.00. The molecule has 5 atom stereocenters. The molecule has 1 unspecified atom stereocenters. The molecular formula is C33H34N5O10P. The maximum atomic E-state index is 14.9. The number of aliphatic hydroxyl groups is 2. The van der Waals surface area contributed by atoms with Crippen LogP contribution in [-0.2, 0) is 39.6 Å². The molecule has 1 aliphatic carbocycles. The van der Waals surface area contributed by atoms with Crippen LogP contribution in [0.1, 0.15) is 37.7 Å². The van der Waals surface area contributed by atoms with Crippen LogP contribution in [0.2, 0.25) is 0 Å². The van der Waals surface area contributed by atoms with Crippen molar-refractivity contribution in [3.63, 3.8) is 0 Å². The summed E-state index contributed by atoms with van der Waals surface area (Å²) in [6, 6.07) is 21.3. The minimum Gasteiger partial charge on any atom is -0.459 e. The molecule has 15 nitrogen and oxygen atoms in total. The molecule has 3 aromatic carbocycles. The van der Waals surface area contributed by atoms with E-state index in [1.165, 1.54) is 0 Å². The zero-order valence-corrected chi connectivity index (χ0v) is 27.1. The quantitative estimate of drug-likeness (QED) is 0.0606. The van der Waals surface area contributed by atoms with Crippen LogP contribution >= 0.6 is 7.75 Å². The number of amides is 1. The fraction of sp³-hybridized carbons (Fsp3) is 0.364. The van der Waals surface area contributed by atoms with Gasteiger partial charge >= 0.3 is 13.7 Å². The van der Waals surface area contributed by atoms with Crippen LogP contribution in [0.5, 0.6) is 5.75 Å². The van der Waals surface area contributed by atoms with Crippen LogP contribution in [0.25, 0.3) is 21.2 Å². The minimum atomic E-state index is -4.69. The Bertz CT molecular complexity index is 1860. The first-order valence-electron chi connectivity index (χ1n) is 15.6. The summed E-state index contributed by atoms with van der Waals surface area (Å²) in [6.45, 7) is -0.992. The number of ketones is 1. The van der Waals surface area contributed by atoms with Crippen LogP contribution < -0.4 is 9.61 Å². The molecule has 0 radical (unpaired) electrons. The Balaban J connectivity index is 1.32. The van der Waals surface area contributed by atoms with E-state index in [-0.39, 0.29) is 25.2 Å². The Labute approximate surface area is 280 Å². The molecule has 3 aromatic rings. The van der Waals surface area contributed by atoms with Crippen molar-refractivity contribution < 1.29 is 47.7 Å². The minimum absolute atomic E-state index is 0.0347. The average molecular weight is 692 g/mol. The third-order valence-electron chi connectivity index (χ3n) is 8.75. The summed E-state index contributed by atoms with van der Waals surface area (Å²) in [4.78, 5) is 41.7. The number of hydrogen-bond acceptors (Lipinski definition) is 11. The van der Waals surface area contributed by atoms with Crippen molar-refractivity contribution in [3.05, 3.63) is 101 Å². The molecule has 3 N–H and O–H groups in total. The number of nitrogens with zero attached hydrogens (tertiary/aromatic N) is 4. The van der Waals surface area contributed by atoms with Crippen molar-refractivity contribution in [2.45, 2.75) is 68.4 Å². The third kappa shape index (κ3) is 7.10. The predicted octanol–water partition coefficient (Wildman–Crippen LogP) is 4.39. The van der Waals surface area contributed by atoms with Crippen LogP contribution in [0.4, 0.5) is 0 Å². The molecular weight excluding hydrogens is 657 g/mol. The van der Waals surface area contributed by atoms with Crippen molar-refractivity contribution in [1.82, 2.24) is 9.99 Å². The zero-order valence-electron chi connectivity index (χ0n) is 26.2. The zero-order chi connectivity index (χ0) is 34.6. The van der Waals surface area contributed by atoms with E-state index in [0.717, 1.165) is 28.1 Å². The van der Waals surface area contributed by atoms with Gasteiger partial charge in [-0.15, -0.1) is 0 Å². The van der Waals surface area contributed by atoms with Gasteiger partial charge in [-0.1, -0.05) is 84.7 Å². The van der Waals surface area contributed by atoms with E-state index in [2.05, 4.69) is 15.1 Å². The molecule has 2 fully saturated rings. The van der Waals surface area contributed by atoms with Gasteiger partial charge in [-0.3, -0.25) is 23.8 Å². The number of allylic oxidation sites excluding steroid dienone is 1. The summed E-state index contributed by atoms with van der Waals surface area (Å²) in [7, 11) is -4.69. The molecule has 2 heterocycles. The molecule has 0 bridgehead atoms. The van der Waals surface area contributed by atoms with Gasteiger partial charge in [0.15, 0.2) is 12.0 Å². The second-order valence-corrected chi connectivity index (χ2v) is 13.7. The van der Waals surface area contributed by atoms with E-state index in [1.807, 2.05) is 36.4 Å². The lowest BCUT2D eigenvalue weighted by Crippen LogP contribution is -2.51. The highest BCUT2D eigenvalue weighted by Gasteiger charge is 2.58. The van der Waals surface area contributed by atoms with Crippen molar-refractivity contribution in [3.8, 4) is 5.75 Å². The molecule has 16 heteroatoms. The number of ether oxygens (including phenoxy) is 2. The average Bonchev–Trinajstić information content (AvgIpc) is 3.67. The van der Waals surface area contributed by atoms with E-state index in [1.54, 1.807) is 36.4 Å². The van der Waals surface area contributed by atoms with Crippen molar-refractivity contribution >= 4 is 36.2 Å². The Morgan fingerprint density at radius 2 is 1.78 bits per heavy atom. The number of azide groups is 1. The highest BCUT2D eigenvalue weighted by atomic mass is 31.2. The highest BCUT2D eigenvalue weighted by molar-refractivity contribution is 7.52. The Morgan fingerprint density at radius 1 is 1.06 bits per heavy atom. The highest BCUT2D eigenvalue weighted by Crippen LogP contribution is 2.52. The smallest absolute Gasteiger partial charge is 0.459 e. The first kappa shape index (κ1) is 34.3. The molecule has 1 amide bonds. The molecule has 0 aromatic heterocycles. The SMILES string of the molecule is [N-]=[N+]=N[C@]1(COP(=O)(NC2(C(=O)OCc3ccccc3)CCCC2)Oc2cccc3ccccc23)O[C@@H](N2C=CC(=O)CC2=O)[C@H](O)[C@@H]1O. The first-order chi connectivity index (χ1) is 23.6. The van der Waals surface area contributed by atoms with Gasteiger partial charge in [0.25, 0.3) is 0 Å². The van der Waals surface area contributed by atoms with Gasteiger partial charge in [-0.05, 0) is 41.5 Å². The molecule has 1 saturated heterocycles. The molecule has 3 aliphatic rings. The second-order valence-electron chi connectivity index (χ2n) is 12.0. The molecule has 0 spiro atoms. The first-order valence-corrected chi connectivity index (χ1v) is 17.2. The molecule has 6 rings (SSSR count). The molecule has 2 aliphatic heterocycles. The van der Waals surface area contributed by atoms with E-state index >= 15 is 0 Å². The number of rotatable bonds is 12. The molecule has 49 heavy (non-hydrogen) atoms. The van der Waals surface area contributed by atoms with E-state index in [9.17, 15) is 34.7 Å². The van der Waals surface area contributed by atoms with E-state index in [4.69, 9.17) is 18.5 Å². The standard InChI is InChI=1S/C33H34N5O10P/c34-37-35-33(29(42)28(41)30(47-33)38-18-15-24(39)19-27(38)40)21-46-49(44,48-26-14-8-12-23-11-4-5-13-25(23)26)36-32(16-6-7-17-32)31(43)45-20-22-9-2-1-3-10-22/h1-5,8-15,18,28-30,41-42H,6-7,16-17,19-21H2,(H,36,44)/t28-,29+,30-,33-,49?/m1/s1. The van der Waals surface area contributed by atoms with Gasteiger partial charge in [-0.2, -0.15) is 5.09 Å². The van der Waals surface area contributed by atoms with Crippen molar-refractivity contribution in [1.29, 1.82) is 0 Å². The van der Waals surface area contributed by atoms with Crippen molar-refractivity contribution in [2.24, 2.45) is 5.11 Å². The van der Waals surface area contributed by atoms with Gasteiger partial charge in [-0.25, -0.2) is 4.57 Å². The van der Waals surface area contributed by atoms with E-state index in [0.29, 0.717) is 18.2 Å². The maximum absolute atomic E-state index is 14.9. The number of carbonyl (C=O) groups excluding carboxylic acids is 3. The maximum Gasteiger partial charge on any atom is 0.459 e. The normalized spacial score (nSPS) is 25.9. The number of aliphatic hydroxyl groups excluding tert-OH is 2. The summed E-state index contributed by atoms with van der Waals surface area (Å²) in [6.07, 6.45) is -2.09. The third-order valence-corrected chi connectivity index (χ3v) is 10.4. The number of benzene rings is 3. The van der Waals surface area contributed by atoms with Crippen molar-refractivity contribution in [2.75, 3.05) is 6.61 Å². The number of carbonyl (C=O) groups is 3. The fourth-order valence-electron chi connectivity index (χ4n) is 6.20. The number of esters is 1. The fourth-order valence-corrected chi connectivity index (χ4v) is 7.97. The Kier molecular flexibility index (Phi) is 9.87. The van der Waals surface area contributed by atoms with Crippen LogP contribution in [0.15, 0.2) is 90.2 Å². The summed E-state index contributed by atoms with van der Waals surface area (Å²) < 4.78 is 38.4. The largest absolute Gasteiger partial charge is 0.459 e. The molecule has 256 valence electrons. The number of hydrogen-bond donors (Lipinski definition) is 3. The Morgan fingerprint density at radius 3 is 2.51 bits per heavy atom. The van der Waals surface area contributed by atoms with Gasteiger partial charge in [0.05, 0.1) is 13.0 Å². The monoisotopic (exact) mass is 691 g/mol. The number of fused-ring (bicyclic) bond motifs is 1. The van der Waals surface area contributed by atoms with Crippen LogP contribution in [0, 0.1) is 0 Å². The summed E-state index contributed by atoms with van der Waals surface area (Å²) in [5.41, 5.74) is 6.29. The lowest BCUT2D eigenvalue weighted by Gasteiger charge is -2.34. The van der Waals surface area contributed by atoms with Gasteiger partial charge in [0, 0.05) is 16.5 Å². The Hall–Kier alpha value is -4.59. The van der Waals surface area contributed by atoms with Gasteiger partial charge in [0.2, 0.25) is 11.6 Å². The number of nitrogens with one attached hydrogen (secondary N) is 1. The van der Waals surface area contributed by atoms with Crippen LogP contribution in [0.3, 0.4) is 0 Å². The molecule has 1 saturated carbocycles. The van der Waals surface area contributed by atoms with E-state index < -0.39 is 68.1 Å².